The second-order valence-corrected chi connectivity index (χ2v) is 2.39. The molecule has 0 fully saturated rings. The van der Waals surface area contributed by atoms with Crippen LogP contribution in [0.5, 0.6) is 0 Å². The summed E-state index contributed by atoms with van der Waals surface area (Å²) < 4.78 is 4.58. The normalized spacial score (nSPS) is 9.83. The SMILES string of the molecule is CCN(CC)C(=O)c1cnoc1. The van der Waals surface area contributed by atoms with Gasteiger partial charge in [0, 0.05) is 13.1 Å². The number of amides is 1. The molecule has 4 nitrogen and oxygen atoms in total. The third-order valence-corrected chi connectivity index (χ3v) is 1.73. The number of carbonyl (C=O) groups is 1. The van der Waals surface area contributed by atoms with Gasteiger partial charge in [-0.15, -0.1) is 0 Å². The molecule has 0 aliphatic carbocycles. The quantitative estimate of drug-likeness (QED) is 0.680. The zero-order valence-electron chi connectivity index (χ0n) is 7.28. The molecule has 0 unspecified atom stereocenters. The van der Waals surface area contributed by atoms with Gasteiger partial charge >= 0.3 is 0 Å². The molecule has 4 heteroatoms. The summed E-state index contributed by atoms with van der Waals surface area (Å²) in [6.45, 7) is 5.30. The van der Waals surface area contributed by atoms with Crippen molar-refractivity contribution in [3.63, 3.8) is 0 Å². The molecule has 0 aliphatic rings. The minimum absolute atomic E-state index is 0.0266. The molecule has 0 atom stereocenters. The van der Waals surface area contributed by atoms with E-state index in [1.165, 1.54) is 12.5 Å². The first-order valence-electron chi connectivity index (χ1n) is 3.98. The molecular formula is C8H12N2O2. The highest BCUT2D eigenvalue weighted by Gasteiger charge is 2.13. The van der Waals surface area contributed by atoms with Gasteiger partial charge in [0.1, 0.15) is 6.26 Å². The Bertz CT molecular complexity index is 240. The molecule has 0 aromatic carbocycles. The van der Waals surface area contributed by atoms with Crippen LogP contribution in [0.4, 0.5) is 0 Å². The Kier molecular flexibility index (Phi) is 2.85. The summed E-state index contributed by atoms with van der Waals surface area (Å²) in [6, 6.07) is 0. The van der Waals surface area contributed by atoms with E-state index >= 15 is 0 Å². The topological polar surface area (TPSA) is 46.3 Å². The third kappa shape index (κ3) is 1.64. The Balaban J connectivity index is 2.70. The molecule has 0 N–H and O–H groups in total. The predicted molar refractivity (Wildman–Crippen MR) is 43.8 cm³/mol. The van der Waals surface area contributed by atoms with E-state index in [0.717, 1.165) is 0 Å². The van der Waals surface area contributed by atoms with Crippen molar-refractivity contribution < 1.29 is 9.32 Å². The lowest BCUT2D eigenvalue weighted by molar-refractivity contribution is 0.0772. The van der Waals surface area contributed by atoms with Gasteiger partial charge in [-0.05, 0) is 13.8 Å². The molecule has 1 aromatic heterocycles. The number of aromatic nitrogens is 1. The van der Waals surface area contributed by atoms with Crippen molar-refractivity contribution in [3.8, 4) is 0 Å². The first kappa shape index (κ1) is 8.77. The molecule has 12 heavy (non-hydrogen) atoms. The highest BCUT2D eigenvalue weighted by Crippen LogP contribution is 2.02. The van der Waals surface area contributed by atoms with Crippen LogP contribution in [0.3, 0.4) is 0 Å². The van der Waals surface area contributed by atoms with E-state index in [-0.39, 0.29) is 5.91 Å². The van der Waals surface area contributed by atoms with Crippen molar-refractivity contribution in [1.29, 1.82) is 0 Å². The maximum atomic E-state index is 11.5. The minimum atomic E-state index is -0.0266. The van der Waals surface area contributed by atoms with E-state index in [1.807, 2.05) is 13.8 Å². The van der Waals surface area contributed by atoms with Gasteiger partial charge in [-0.2, -0.15) is 0 Å². The third-order valence-electron chi connectivity index (χ3n) is 1.73. The number of carbonyl (C=O) groups excluding carboxylic acids is 1. The molecule has 0 bridgehead atoms. The molecule has 0 spiro atoms. The second-order valence-electron chi connectivity index (χ2n) is 2.39. The summed E-state index contributed by atoms with van der Waals surface area (Å²) >= 11 is 0. The number of rotatable bonds is 3. The molecule has 66 valence electrons. The predicted octanol–water partition coefficient (Wildman–Crippen LogP) is 1.16. The molecule has 0 saturated carbocycles. The van der Waals surface area contributed by atoms with E-state index in [1.54, 1.807) is 4.90 Å². The molecule has 1 amide bonds. The van der Waals surface area contributed by atoms with Crippen LogP contribution >= 0.6 is 0 Å². The summed E-state index contributed by atoms with van der Waals surface area (Å²) in [6.07, 6.45) is 2.79. The first-order valence-corrected chi connectivity index (χ1v) is 3.98. The Morgan fingerprint density at radius 2 is 2.25 bits per heavy atom. The summed E-state index contributed by atoms with van der Waals surface area (Å²) in [5.41, 5.74) is 0.513. The summed E-state index contributed by atoms with van der Waals surface area (Å²) in [5.74, 6) is -0.0266. The molecular weight excluding hydrogens is 156 g/mol. The van der Waals surface area contributed by atoms with Crippen LogP contribution < -0.4 is 0 Å². The lowest BCUT2D eigenvalue weighted by Gasteiger charge is -2.16. The van der Waals surface area contributed by atoms with Crippen molar-refractivity contribution in [3.05, 3.63) is 18.0 Å². The van der Waals surface area contributed by atoms with Crippen LogP contribution in [0.2, 0.25) is 0 Å². The smallest absolute Gasteiger partial charge is 0.258 e. The number of hydrogen-bond acceptors (Lipinski definition) is 3. The Labute approximate surface area is 71.1 Å². The van der Waals surface area contributed by atoms with Crippen molar-refractivity contribution in [2.75, 3.05) is 13.1 Å². The van der Waals surface area contributed by atoms with Crippen LogP contribution in [0.1, 0.15) is 24.2 Å². The van der Waals surface area contributed by atoms with Gasteiger partial charge in [0.05, 0.1) is 11.8 Å². The van der Waals surface area contributed by atoms with Crippen LogP contribution in [0, 0.1) is 0 Å². The van der Waals surface area contributed by atoms with E-state index in [9.17, 15) is 4.79 Å². The maximum absolute atomic E-state index is 11.5. The van der Waals surface area contributed by atoms with Gasteiger partial charge in [-0.1, -0.05) is 5.16 Å². The van der Waals surface area contributed by atoms with Crippen LogP contribution in [-0.4, -0.2) is 29.1 Å². The Morgan fingerprint density at radius 3 is 2.67 bits per heavy atom. The molecule has 0 radical (unpaired) electrons. The van der Waals surface area contributed by atoms with Gasteiger partial charge in [0.15, 0.2) is 0 Å². The van der Waals surface area contributed by atoms with E-state index in [2.05, 4.69) is 9.68 Å². The maximum Gasteiger partial charge on any atom is 0.258 e. The molecule has 1 aromatic rings. The average Bonchev–Trinajstić information content (AvgIpc) is 2.58. The zero-order valence-corrected chi connectivity index (χ0v) is 7.28. The van der Waals surface area contributed by atoms with Crippen molar-refractivity contribution >= 4 is 5.91 Å². The van der Waals surface area contributed by atoms with Gasteiger partial charge < -0.3 is 9.42 Å². The minimum Gasteiger partial charge on any atom is -0.364 e. The van der Waals surface area contributed by atoms with E-state index < -0.39 is 0 Å². The summed E-state index contributed by atoms with van der Waals surface area (Å²) in [7, 11) is 0. The van der Waals surface area contributed by atoms with Crippen molar-refractivity contribution in [1.82, 2.24) is 10.1 Å². The summed E-state index contributed by atoms with van der Waals surface area (Å²) in [4.78, 5) is 13.2. The molecule has 0 aliphatic heterocycles. The van der Waals surface area contributed by atoms with E-state index in [4.69, 9.17) is 0 Å². The monoisotopic (exact) mass is 168 g/mol. The average molecular weight is 168 g/mol. The van der Waals surface area contributed by atoms with Crippen molar-refractivity contribution in [2.24, 2.45) is 0 Å². The largest absolute Gasteiger partial charge is 0.364 e. The van der Waals surface area contributed by atoms with Gasteiger partial charge in [0.2, 0.25) is 0 Å². The number of hydrogen-bond donors (Lipinski definition) is 0. The highest BCUT2D eigenvalue weighted by molar-refractivity contribution is 5.93. The second kappa shape index (κ2) is 3.90. The number of nitrogens with zero attached hydrogens (tertiary/aromatic N) is 2. The first-order chi connectivity index (χ1) is 5.79. The highest BCUT2D eigenvalue weighted by atomic mass is 16.5. The molecule has 1 rings (SSSR count). The van der Waals surface area contributed by atoms with Crippen LogP contribution in [0.15, 0.2) is 17.0 Å². The van der Waals surface area contributed by atoms with E-state index in [0.29, 0.717) is 18.7 Å². The Morgan fingerprint density at radius 1 is 1.58 bits per heavy atom. The van der Waals surface area contributed by atoms with Crippen molar-refractivity contribution in [2.45, 2.75) is 13.8 Å². The lowest BCUT2D eigenvalue weighted by Crippen LogP contribution is -2.30. The molecule has 1 heterocycles. The van der Waals surface area contributed by atoms with Gasteiger partial charge in [-0.3, -0.25) is 4.79 Å². The fraction of sp³-hybridized carbons (Fsp3) is 0.500. The fourth-order valence-electron chi connectivity index (χ4n) is 1.00. The van der Waals surface area contributed by atoms with Crippen LogP contribution in [-0.2, 0) is 0 Å². The lowest BCUT2D eigenvalue weighted by atomic mass is 10.3. The van der Waals surface area contributed by atoms with Gasteiger partial charge in [0.25, 0.3) is 5.91 Å². The molecule has 0 saturated heterocycles. The Hall–Kier alpha value is -1.32. The summed E-state index contributed by atoms with van der Waals surface area (Å²) in [5, 5.41) is 3.47. The van der Waals surface area contributed by atoms with Gasteiger partial charge in [-0.25, -0.2) is 0 Å². The van der Waals surface area contributed by atoms with Crippen LogP contribution in [0.25, 0.3) is 0 Å². The fourth-order valence-corrected chi connectivity index (χ4v) is 1.00. The zero-order chi connectivity index (χ0) is 8.97. The standard InChI is InChI=1S/C8H12N2O2/c1-3-10(4-2)8(11)7-5-9-12-6-7/h5-6H,3-4H2,1-2H3.